The number of hydrogen-bond donors (Lipinski definition) is 4. The summed E-state index contributed by atoms with van der Waals surface area (Å²) in [5.74, 6) is 0.208. The van der Waals surface area contributed by atoms with E-state index < -0.39 is 36.2 Å². The van der Waals surface area contributed by atoms with Crippen molar-refractivity contribution in [3.8, 4) is 0 Å². The number of phosphoric ester groups is 1. The van der Waals surface area contributed by atoms with Gasteiger partial charge >= 0.3 is 23.5 Å². The number of hydrogen-bond acceptors (Lipinski definition) is 7. The lowest BCUT2D eigenvalue weighted by Crippen LogP contribution is -2.15. The van der Waals surface area contributed by atoms with Gasteiger partial charge in [-0.3, -0.25) is 4.52 Å². The van der Waals surface area contributed by atoms with Gasteiger partial charge in [-0.1, -0.05) is 6.92 Å². The van der Waals surface area contributed by atoms with Crippen LogP contribution in [0.4, 0.5) is 0 Å². The quantitative estimate of drug-likeness (QED) is 0.474. The lowest BCUT2D eigenvalue weighted by Gasteiger charge is -2.17. The van der Waals surface area contributed by atoms with Crippen LogP contribution < -0.4 is 0 Å². The Balaban J connectivity index is 2.52. The molecule has 5 atom stereocenters. The Morgan fingerprint density at radius 2 is 1.62 bits per heavy atom. The highest BCUT2D eigenvalue weighted by atomic mass is 31.3. The molecule has 4 N–H and O–H groups in total. The molecule has 1 aliphatic heterocycles. The molecule has 0 spiro atoms. The molecule has 14 heteroatoms. The second kappa shape index (κ2) is 6.86. The van der Waals surface area contributed by atoms with Crippen molar-refractivity contribution in [3.63, 3.8) is 0 Å². The van der Waals surface area contributed by atoms with Crippen LogP contribution in [0, 0.1) is 5.92 Å². The molecule has 3 unspecified atom stereocenters. The van der Waals surface area contributed by atoms with Crippen LogP contribution in [0.5, 0.6) is 0 Å². The van der Waals surface area contributed by atoms with Crippen molar-refractivity contribution in [1.82, 2.24) is 0 Å². The maximum atomic E-state index is 11.4. The van der Waals surface area contributed by atoms with Crippen LogP contribution in [0.3, 0.4) is 0 Å². The van der Waals surface area contributed by atoms with Gasteiger partial charge in [0.15, 0.2) is 0 Å². The van der Waals surface area contributed by atoms with Crippen LogP contribution >= 0.6 is 23.5 Å². The Kier molecular flexibility index (Phi) is 6.35. The van der Waals surface area contributed by atoms with Gasteiger partial charge in [-0.05, 0) is 19.3 Å². The van der Waals surface area contributed by atoms with E-state index in [2.05, 4.69) is 13.1 Å². The average Bonchev–Trinajstić information content (AvgIpc) is 2.50. The van der Waals surface area contributed by atoms with Crippen LogP contribution in [0.2, 0.25) is 0 Å². The number of phosphoric acid groups is 3. The molecule has 0 bridgehead atoms. The third-order valence-electron chi connectivity index (χ3n) is 2.68. The highest BCUT2D eigenvalue weighted by Crippen LogP contribution is 2.66. The Labute approximate surface area is 120 Å². The van der Waals surface area contributed by atoms with Gasteiger partial charge in [-0.15, -0.1) is 0 Å². The van der Waals surface area contributed by atoms with Crippen molar-refractivity contribution < 1.29 is 51.2 Å². The molecule has 0 aliphatic carbocycles. The fourth-order valence-electron chi connectivity index (χ4n) is 1.69. The van der Waals surface area contributed by atoms with E-state index in [1.54, 1.807) is 0 Å². The third kappa shape index (κ3) is 7.45. The molecule has 1 saturated heterocycles. The van der Waals surface area contributed by atoms with E-state index >= 15 is 0 Å². The van der Waals surface area contributed by atoms with Crippen LogP contribution in [0.25, 0.3) is 0 Å². The minimum absolute atomic E-state index is 0.0699. The van der Waals surface area contributed by atoms with Gasteiger partial charge in [0.05, 0.1) is 18.8 Å². The van der Waals surface area contributed by atoms with Gasteiger partial charge < -0.3 is 24.3 Å². The summed E-state index contributed by atoms with van der Waals surface area (Å²) in [5, 5.41) is 0. The van der Waals surface area contributed by atoms with Crippen LogP contribution in [0.15, 0.2) is 0 Å². The zero-order chi connectivity index (χ0) is 16.5. The standard InChI is InChI=1S/C7H17O11P3/c1-5-3-7(16-6(5)2)4-15-20(11,12)18-21(13,14)17-19(8,9)10/h5-7H,3-4H2,1-2H3,(H,11,12)(H,13,14)(H2,8,9,10)/t5-,6-,7?/m0/s1. The van der Waals surface area contributed by atoms with Crippen molar-refractivity contribution in [1.29, 1.82) is 0 Å². The summed E-state index contributed by atoms with van der Waals surface area (Å²) in [4.78, 5) is 34.9. The predicted octanol–water partition coefficient (Wildman–Crippen LogP) is 1.14. The molecule has 0 aromatic rings. The normalized spacial score (nSPS) is 32.6. The molecule has 0 aromatic heterocycles. The van der Waals surface area contributed by atoms with Gasteiger partial charge in [-0.2, -0.15) is 8.62 Å². The van der Waals surface area contributed by atoms with E-state index in [-0.39, 0.29) is 12.0 Å². The smallest absolute Gasteiger partial charge is 0.373 e. The second-order valence-corrected chi connectivity index (χ2v) is 8.98. The Hall–Kier alpha value is 0.370. The van der Waals surface area contributed by atoms with Gasteiger partial charge in [0, 0.05) is 0 Å². The zero-order valence-corrected chi connectivity index (χ0v) is 13.8. The van der Waals surface area contributed by atoms with E-state index in [4.69, 9.17) is 19.4 Å². The molecular weight excluding hydrogens is 353 g/mol. The number of ether oxygens (including phenoxy) is 1. The van der Waals surface area contributed by atoms with Crippen LogP contribution in [0.1, 0.15) is 20.3 Å². The van der Waals surface area contributed by atoms with Gasteiger partial charge in [-0.25, -0.2) is 13.7 Å². The Bertz CT molecular complexity index is 490. The molecular formula is C7H17O11P3. The minimum Gasteiger partial charge on any atom is -0.373 e. The molecule has 1 rings (SSSR count). The first kappa shape index (κ1) is 19.4. The molecule has 0 saturated carbocycles. The van der Waals surface area contributed by atoms with Crippen molar-refractivity contribution in [3.05, 3.63) is 0 Å². The van der Waals surface area contributed by atoms with Gasteiger partial charge in [0.1, 0.15) is 0 Å². The lowest BCUT2D eigenvalue weighted by molar-refractivity contribution is 0.0138. The topological polar surface area (TPSA) is 169 Å². The van der Waals surface area contributed by atoms with Crippen molar-refractivity contribution in [2.45, 2.75) is 32.5 Å². The van der Waals surface area contributed by atoms with E-state index in [0.29, 0.717) is 6.42 Å². The van der Waals surface area contributed by atoms with Crippen molar-refractivity contribution >= 4 is 23.5 Å². The fraction of sp³-hybridized carbons (Fsp3) is 1.00. The highest BCUT2D eigenvalue weighted by Gasteiger charge is 2.41. The first-order valence-corrected chi connectivity index (χ1v) is 10.3. The third-order valence-corrected chi connectivity index (χ3v) is 6.49. The molecule has 126 valence electrons. The number of rotatable bonds is 7. The maximum absolute atomic E-state index is 11.4. The lowest BCUT2D eigenvalue weighted by atomic mass is 10.0. The van der Waals surface area contributed by atoms with Crippen LogP contribution in [-0.4, -0.2) is 38.4 Å². The summed E-state index contributed by atoms with van der Waals surface area (Å²) in [7, 11) is -15.9. The van der Waals surface area contributed by atoms with E-state index in [1.807, 2.05) is 13.8 Å². The molecule has 0 aromatic carbocycles. The zero-order valence-electron chi connectivity index (χ0n) is 11.1. The molecule has 21 heavy (non-hydrogen) atoms. The summed E-state index contributed by atoms with van der Waals surface area (Å²) >= 11 is 0. The summed E-state index contributed by atoms with van der Waals surface area (Å²) in [6, 6.07) is 0. The summed E-state index contributed by atoms with van der Waals surface area (Å²) < 4.78 is 49.9. The molecule has 1 aliphatic rings. The summed E-state index contributed by atoms with van der Waals surface area (Å²) in [5.41, 5.74) is 0. The van der Waals surface area contributed by atoms with Gasteiger partial charge in [0.2, 0.25) is 0 Å². The monoisotopic (exact) mass is 370 g/mol. The summed E-state index contributed by atoms with van der Waals surface area (Å²) in [6.45, 7) is 3.34. The largest absolute Gasteiger partial charge is 0.490 e. The summed E-state index contributed by atoms with van der Waals surface area (Å²) in [6.07, 6.45) is -0.0175. The first-order valence-electron chi connectivity index (χ1n) is 5.73. The minimum atomic E-state index is -5.46. The van der Waals surface area contributed by atoms with E-state index in [1.165, 1.54) is 0 Å². The SMILES string of the molecule is C[C@@H]1OC(COP(=O)(O)OP(=O)(O)OP(=O)(O)O)C[C@@H]1C. The first-order chi connectivity index (χ1) is 9.30. The van der Waals surface area contributed by atoms with Crippen molar-refractivity contribution in [2.75, 3.05) is 6.61 Å². The second-order valence-electron chi connectivity index (χ2n) is 4.56. The molecule has 0 amide bonds. The molecule has 1 fully saturated rings. The predicted molar refractivity (Wildman–Crippen MR) is 67.9 cm³/mol. The Morgan fingerprint density at radius 1 is 1.05 bits per heavy atom. The fourth-order valence-corrected chi connectivity index (χ4v) is 4.74. The van der Waals surface area contributed by atoms with Gasteiger partial charge in [0.25, 0.3) is 0 Å². The molecule has 0 radical (unpaired) electrons. The Morgan fingerprint density at radius 3 is 2.05 bits per heavy atom. The molecule has 11 nitrogen and oxygen atoms in total. The van der Waals surface area contributed by atoms with E-state index in [9.17, 15) is 18.6 Å². The van der Waals surface area contributed by atoms with E-state index in [0.717, 1.165) is 0 Å². The van der Waals surface area contributed by atoms with Crippen LogP contribution in [-0.2, 0) is 31.6 Å². The highest BCUT2D eigenvalue weighted by molar-refractivity contribution is 7.66. The average molecular weight is 370 g/mol. The molecule has 1 heterocycles. The maximum Gasteiger partial charge on any atom is 0.490 e. The van der Waals surface area contributed by atoms with Crippen molar-refractivity contribution in [2.24, 2.45) is 5.92 Å².